The van der Waals surface area contributed by atoms with Crippen LogP contribution in [0.4, 0.5) is 11.5 Å². The number of nitrogens with zero attached hydrogens (tertiary/aromatic N) is 3. The van der Waals surface area contributed by atoms with Gasteiger partial charge in [0.1, 0.15) is 17.3 Å². The number of benzene rings is 1. The van der Waals surface area contributed by atoms with Crippen LogP contribution in [0.1, 0.15) is 21.9 Å². The van der Waals surface area contributed by atoms with E-state index < -0.39 is 0 Å². The van der Waals surface area contributed by atoms with E-state index in [2.05, 4.69) is 25.6 Å². The van der Waals surface area contributed by atoms with Crippen molar-refractivity contribution in [3.63, 3.8) is 0 Å². The molecule has 2 N–H and O–H groups in total. The Morgan fingerprint density at radius 1 is 1.16 bits per heavy atom. The summed E-state index contributed by atoms with van der Waals surface area (Å²) in [4.78, 5) is 24.9. The fourth-order valence-electron chi connectivity index (χ4n) is 2.22. The standard InChI is InChI=1S/C18H16ClN5O/c1-12-22-16(18(25)21-11-13-5-4-8-20-10-13)9-17(23-12)24-15-7-3-2-6-14(15)19/h2-10H,11H2,1H3,(H,21,25)(H,22,23,24). The van der Waals surface area contributed by atoms with Gasteiger partial charge in [-0.3, -0.25) is 9.78 Å². The molecule has 0 saturated carbocycles. The molecule has 0 aliphatic carbocycles. The van der Waals surface area contributed by atoms with Crippen molar-refractivity contribution in [3.05, 3.63) is 77.0 Å². The molecule has 0 aliphatic heterocycles. The maximum atomic E-state index is 12.4. The molecule has 2 aromatic heterocycles. The first-order valence-electron chi connectivity index (χ1n) is 7.66. The number of hydrogen-bond donors (Lipinski definition) is 2. The molecule has 7 heteroatoms. The minimum Gasteiger partial charge on any atom is -0.347 e. The van der Waals surface area contributed by atoms with E-state index in [9.17, 15) is 4.79 Å². The van der Waals surface area contributed by atoms with E-state index in [1.165, 1.54) is 0 Å². The molecule has 0 atom stereocenters. The Hall–Kier alpha value is -2.99. The zero-order valence-electron chi connectivity index (χ0n) is 13.5. The van der Waals surface area contributed by atoms with Gasteiger partial charge in [0.15, 0.2) is 0 Å². The van der Waals surface area contributed by atoms with Crippen molar-refractivity contribution in [2.45, 2.75) is 13.5 Å². The molecule has 0 fully saturated rings. The zero-order chi connectivity index (χ0) is 17.6. The molecule has 126 valence electrons. The third-order valence-corrected chi connectivity index (χ3v) is 3.71. The van der Waals surface area contributed by atoms with Gasteiger partial charge in [0, 0.05) is 25.0 Å². The number of pyridine rings is 1. The number of carbonyl (C=O) groups is 1. The molecule has 1 aromatic carbocycles. The molecule has 25 heavy (non-hydrogen) atoms. The topological polar surface area (TPSA) is 79.8 Å². The minimum absolute atomic E-state index is 0.281. The maximum Gasteiger partial charge on any atom is 0.270 e. The smallest absolute Gasteiger partial charge is 0.270 e. The van der Waals surface area contributed by atoms with Crippen molar-refractivity contribution < 1.29 is 4.79 Å². The van der Waals surface area contributed by atoms with Crippen LogP contribution in [0.2, 0.25) is 5.02 Å². The monoisotopic (exact) mass is 353 g/mol. The van der Waals surface area contributed by atoms with E-state index in [0.717, 1.165) is 5.56 Å². The summed E-state index contributed by atoms with van der Waals surface area (Å²) in [6, 6.07) is 12.6. The van der Waals surface area contributed by atoms with Crippen LogP contribution in [-0.4, -0.2) is 20.9 Å². The zero-order valence-corrected chi connectivity index (χ0v) is 14.3. The summed E-state index contributed by atoms with van der Waals surface area (Å²) in [5.41, 5.74) is 1.91. The van der Waals surface area contributed by atoms with Crippen LogP contribution >= 0.6 is 11.6 Å². The number of carbonyl (C=O) groups excluding carboxylic acids is 1. The molecular weight excluding hydrogens is 338 g/mol. The number of amides is 1. The fraction of sp³-hybridized carbons (Fsp3) is 0.111. The van der Waals surface area contributed by atoms with Gasteiger partial charge in [-0.2, -0.15) is 0 Å². The first kappa shape index (κ1) is 16.9. The molecule has 0 unspecified atom stereocenters. The van der Waals surface area contributed by atoms with Gasteiger partial charge in [0.25, 0.3) is 5.91 Å². The Kier molecular flexibility index (Phi) is 5.20. The highest BCUT2D eigenvalue weighted by molar-refractivity contribution is 6.33. The summed E-state index contributed by atoms with van der Waals surface area (Å²) in [5.74, 6) is 0.715. The summed E-state index contributed by atoms with van der Waals surface area (Å²) >= 11 is 6.14. The predicted molar refractivity (Wildman–Crippen MR) is 96.9 cm³/mol. The van der Waals surface area contributed by atoms with Gasteiger partial charge >= 0.3 is 0 Å². The quantitative estimate of drug-likeness (QED) is 0.733. The lowest BCUT2D eigenvalue weighted by Gasteiger charge is -2.10. The van der Waals surface area contributed by atoms with E-state index in [-0.39, 0.29) is 11.6 Å². The van der Waals surface area contributed by atoms with Crippen molar-refractivity contribution in [3.8, 4) is 0 Å². The van der Waals surface area contributed by atoms with Crippen LogP contribution in [0, 0.1) is 6.92 Å². The molecule has 3 aromatic rings. The molecule has 1 amide bonds. The van der Waals surface area contributed by atoms with E-state index in [1.807, 2.05) is 30.3 Å². The number of aromatic nitrogens is 3. The molecule has 0 radical (unpaired) electrons. The lowest BCUT2D eigenvalue weighted by Crippen LogP contribution is -2.24. The second-order valence-electron chi connectivity index (χ2n) is 5.33. The second kappa shape index (κ2) is 7.72. The number of aryl methyl sites for hydroxylation is 1. The lowest BCUT2D eigenvalue weighted by molar-refractivity contribution is 0.0945. The van der Waals surface area contributed by atoms with Crippen LogP contribution in [-0.2, 0) is 6.54 Å². The second-order valence-corrected chi connectivity index (χ2v) is 5.74. The summed E-state index contributed by atoms with van der Waals surface area (Å²) in [6.45, 7) is 2.11. The molecule has 0 aliphatic rings. The molecule has 2 heterocycles. The average Bonchev–Trinajstić information content (AvgIpc) is 2.62. The Bertz CT molecular complexity index is 886. The third-order valence-electron chi connectivity index (χ3n) is 3.38. The minimum atomic E-state index is -0.281. The molecule has 3 rings (SSSR count). The van der Waals surface area contributed by atoms with Crippen LogP contribution < -0.4 is 10.6 Å². The van der Waals surface area contributed by atoms with Crippen LogP contribution in [0.15, 0.2) is 54.9 Å². The van der Waals surface area contributed by atoms with Gasteiger partial charge in [-0.25, -0.2) is 9.97 Å². The maximum absolute atomic E-state index is 12.4. The molecule has 0 bridgehead atoms. The Balaban J connectivity index is 1.74. The number of anilines is 2. The van der Waals surface area contributed by atoms with Crippen molar-refractivity contribution in [1.29, 1.82) is 0 Å². The van der Waals surface area contributed by atoms with Crippen LogP contribution in [0.25, 0.3) is 0 Å². The summed E-state index contributed by atoms with van der Waals surface area (Å²) < 4.78 is 0. The number of nitrogens with one attached hydrogen (secondary N) is 2. The van der Waals surface area contributed by atoms with E-state index >= 15 is 0 Å². The molecule has 6 nitrogen and oxygen atoms in total. The fourth-order valence-corrected chi connectivity index (χ4v) is 2.41. The van der Waals surface area contributed by atoms with Crippen molar-refractivity contribution in [2.24, 2.45) is 0 Å². The highest BCUT2D eigenvalue weighted by Gasteiger charge is 2.11. The van der Waals surface area contributed by atoms with Crippen molar-refractivity contribution in [1.82, 2.24) is 20.3 Å². The number of hydrogen-bond acceptors (Lipinski definition) is 5. The highest BCUT2D eigenvalue weighted by atomic mass is 35.5. The van der Waals surface area contributed by atoms with E-state index in [4.69, 9.17) is 11.6 Å². The van der Waals surface area contributed by atoms with Gasteiger partial charge in [0.2, 0.25) is 0 Å². The van der Waals surface area contributed by atoms with Crippen LogP contribution in [0.3, 0.4) is 0 Å². The predicted octanol–water partition coefficient (Wildman–Crippen LogP) is 3.51. The van der Waals surface area contributed by atoms with Crippen molar-refractivity contribution >= 4 is 29.0 Å². The van der Waals surface area contributed by atoms with Crippen molar-refractivity contribution in [2.75, 3.05) is 5.32 Å². The first-order valence-corrected chi connectivity index (χ1v) is 8.04. The lowest BCUT2D eigenvalue weighted by atomic mass is 10.2. The largest absolute Gasteiger partial charge is 0.347 e. The highest BCUT2D eigenvalue weighted by Crippen LogP contribution is 2.24. The number of para-hydroxylation sites is 1. The normalized spacial score (nSPS) is 10.3. The van der Waals surface area contributed by atoms with Gasteiger partial charge in [-0.1, -0.05) is 29.8 Å². The van der Waals surface area contributed by atoms with E-state index in [1.54, 1.807) is 31.5 Å². The molecule has 0 spiro atoms. The average molecular weight is 354 g/mol. The Morgan fingerprint density at radius 2 is 2.00 bits per heavy atom. The van der Waals surface area contributed by atoms with Gasteiger partial charge in [-0.05, 0) is 30.7 Å². The van der Waals surface area contributed by atoms with Crippen LogP contribution in [0.5, 0.6) is 0 Å². The van der Waals surface area contributed by atoms with Gasteiger partial charge < -0.3 is 10.6 Å². The third kappa shape index (κ3) is 4.51. The van der Waals surface area contributed by atoms with Gasteiger partial charge in [0.05, 0.1) is 10.7 Å². The summed E-state index contributed by atoms with van der Waals surface area (Å²) in [7, 11) is 0. The SMILES string of the molecule is Cc1nc(Nc2ccccc2Cl)cc(C(=O)NCc2cccnc2)n1. The Morgan fingerprint density at radius 3 is 2.76 bits per heavy atom. The molecular formula is C18H16ClN5O. The Labute approximate surface area is 150 Å². The summed E-state index contributed by atoms with van der Waals surface area (Å²) in [6.07, 6.45) is 3.39. The van der Waals surface area contributed by atoms with E-state index in [0.29, 0.717) is 28.9 Å². The number of rotatable bonds is 5. The first-order chi connectivity index (χ1) is 12.1. The number of halogens is 1. The van der Waals surface area contributed by atoms with Gasteiger partial charge in [-0.15, -0.1) is 0 Å². The summed E-state index contributed by atoms with van der Waals surface area (Å²) in [5, 5.41) is 6.50. The molecule has 0 saturated heterocycles.